The smallest absolute Gasteiger partial charge is 0.229 e. The summed E-state index contributed by atoms with van der Waals surface area (Å²) in [5.41, 5.74) is 6.13. The van der Waals surface area contributed by atoms with Gasteiger partial charge in [-0.15, -0.1) is 0 Å². The number of benzene rings is 1. The van der Waals surface area contributed by atoms with Gasteiger partial charge in [-0.2, -0.15) is 0 Å². The molecule has 1 fully saturated rings. The number of rotatable bonds is 7. The minimum absolute atomic E-state index is 0.230. The number of pyridine rings is 2. The SMILES string of the molecule is COc1cc(N2C(=S)N[C@@H](c3ccccn3)[C@@H]2c2cc(C)n(-c3cccnc3)c2C)ccc1NS(C)(=O)=O. The van der Waals surface area contributed by atoms with Crippen LogP contribution in [0.15, 0.2) is 73.2 Å². The van der Waals surface area contributed by atoms with Crippen LogP contribution in [0.1, 0.15) is 34.7 Å². The summed E-state index contributed by atoms with van der Waals surface area (Å²) < 4.78 is 34.0. The third-order valence-corrected chi connectivity index (χ3v) is 7.46. The topological polar surface area (TPSA) is 101 Å². The van der Waals surface area contributed by atoms with E-state index in [0.29, 0.717) is 16.5 Å². The Morgan fingerprint density at radius 2 is 1.87 bits per heavy atom. The first kappa shape index (κ1) is 25.7. The first-order chi connectivity index (χ1) is 18.2. The van der Waals surface area contributed by atoms with Crippen molar-refractivity contribution in [2.75, 3.05) is 23.0 Å². The van der Waals surface area contributed by atoms with E-state index in [1.165, 1.54) is 7.11 Å². The zero-order chi connectivity index (χ0) is 27.0. The Bertz CT molecular complexity index is 1590. The zero-order valence-electron chi connectivity index (χ0n) is 21.4. The molecule has 11 heteroatoms. The Hall–Kier alpha value is -3.96. The highest BCUT2D eigenvalue weighted by molar-refractivity contribution is 7.92. The van der Waals surface area contributed by atoms with E-state index in [1.807, 2.05) is 47.5 Å². The number of anilines is 2. The summed E-state index contributed by atoms with van der Waals surface area (Å²) in [6, 6.07) is 16.8. The van der Waals surface area contributed by atoms with Gasteiger partial charge in [-0.25, -0.2) is 8.42 Å². The number of nitrogens with zero attached hydrogens (tertiary/aromatic N) is 4. The van der Waals surface area contributed by atoms with Gasteiger partial charge < -0.3 is 19.5 Å². The number of hydrogen-bond donors (Lipinski definition) is 2. The van der Waals surface area contributed by atoms with Crippen molar-refractivity contribution in [1.82, 2.24) is 19.9 Å². The van der Waals surface area contributed by atoms with Gasteiger partial charge in [0, 0.05) is 35.5 Å². The first-order valence-corrected chi connectivity index (χ1v) is 14.2. The molecule has 5 rings (SSSR count). The van der Waals surface area contributed by atoms with Gasteiger partial charge >= 0.3 is 0 Å². The molecular weight excluding hydrogens is 520 g/mol. The van der Waals surface area contributed by atoms with Gasteiger partial charge in [0.2, 0.25) is 10.0 Å². The van der Waals surface area contributed by atoms with Gasteiger partial charge in [0.1, 0.15) is 5.75 Å². The highest BCUT2D eigenvalue weighted by Crippen LogP contribution is 2.45. The largest absolute Gasteiger partial charge is 0.494 e. The highest BCUT2D eigenvalue weighted by Gasteiger charge is 2.42. The number of hydrogen-bond acceptors (Lipinski definition) is 6. The first-order valence-electron chi connectivity index (χ1n) is 11.9. The van der Waals surface area contributed by atoms with Crippen LogP contribution in [0.25, 0.3) is 5.69 Å². The van der Waals surface area contributed by atoms with Crippen molar-refractivity contribution >= 4 is 38.7 Å². The van der Waals surface area contributed by atoms with Gasteiger partial charge in [-0.3, -0.25) is 14.7 Å². The Balaban J connectivity index is 1.66. The second-order valence-electron chi connectivity index (χ2n) is 9.13. The van der Waals surface area contributed by atoms with Crippen LogP contribution in [0.4, 0.5) is 11.4 Å². The van der Waals surface area contributed by atoms with Gasteiger partial charge in [0.05, 0.1) is 48.7 Å². The maximum atomic E-state index is 11.9. The molecule has 0 aliphatic carbocycles. The van der Waals surface area contributed by atoms with Crippen molar-refractivity contribution in [3.63, 3.8) is 0 Å². The van der Waals surface area contributed by atoms with Crippen LogP contribution >= 0.6 is 12.2 Å². The Morgan fingerprint density at radius 1 is 1.05 bits per heavy atom. The molecular formula is C27H28N6O3S2. The fourth-order valence-electron chi connectivity index (χ4n) is 5.03. The number of ether oxygens (including phenoxy) is 1. The molecule has 2 N–H and O–H groups in total. The summed E-state index contributed by atoms with van der Waals surface area (Å²) in [7, 11) is -1.98. The van der Waals surface area contributed by atoms with E-state index in [2.05, 4.69) is 44.5 Å². The van der Waals surface area contributed by atoms with Crippen molar-refractivity contribution in [2.24, 2.45) is 0 Å². The molecule has 4 aromatic rings. The normalized spacial score (nSPS) is 17.4. The molecule has 9 nitrogen and oxygen atoms in total. The summed E-state index contributed by atoms with van der Waals surface area (Å²) >= 11 is 5.87. The predicted octanol–water partition coefficient (Wildman–Crippen LogP) is 4.44. The zero-order valence-corrected chi connectivity index (χ0v) is 23.0. The van der Waals surface area contributed by atoms with Crippen molar-refractivity contribution in [3.05, 3.63) is 95.8 Å². The van der Waals surface area contributed by atoms with E-state index in [1.54, 1.807) is 24.5 Å². The lowest BCUT2D eigenvalue weighted by atomic mass is 9.96. The lowest BCUT2D eigenvalue weighted by molar-refractivity contribution is 0.417. The molecule has 1 aromatic carbocycles. The second-order valence-corrected chi connectivity index (χ2v) is 11.3. The number of nitrogens with one attached hydrogen (secondary N) is 2. The number of sulfonamides is 1. The molecule has 1 aliphatic heterocycles. The lowest BCUT2D eigenvalue weighted by Gasteiger charge is -2.29. The van der Waals surface area contributed by atoms with Crippen LogP contribution in [-0.4, -0.2) is 41.4 Å². The van der Waals surface area contributed by atoms with E-state index in [4.69, 9.17) is 17.0 Å². The molecule has 0 unspecified atom stereocenters. The molecule has 0 saturated carbocycles. The molecule has 4 heterocycles. The lowest BCUT2D eigenvalue weighted by Crippen LogP contribution is -2.29. The monoisotopic (exact) mass is 548 g/mol. The van der Waals surface area contributed by atoms with Crippen LogP contribution < -0.4 is 19.7 Å². The van der Waals surface area contributed by atoms with Crippen molar-refractivity contribution in [1.29, 1.82) is 0 Å². The van der Waals surface area contributed by atoms with Crippen molar-refractivity contribution < 1.29 is 13.2 Å². The fraction of sp³-hybridized carbons (Fsp3) is 0.222. The predicted molar refractivity (Wildman–Crippen MR) is 152 cm³/mol. The molecule has 0 radical (unpaired) electrons. The second kappa shape index (κ2) is 10.1. The summed E-state index contributed by atoms with van der Waals surface area (Å²) in [6.07, 6.45) is 6.47. The third kappa shape index (κ3) is 4.82. The van der Waals surface area contributed by atoms with E-state index in [-0.39, 0.29) is 12.1 Å². The maximum Gasteiger partial charge on any atom is 0.229 e. The molecule has 196 valence electrons. The molecule has 0 amide bonds. The van der Waals surface area contributed by atoms with Gasteiger partial charge in [-0.1, -0.05) is 6.07 Å². The van der Waals surface area contributed by atoms with Crippen LogP contribution in [0.3, 0.4) is 0 Å². The fourth-order valence-corrected chi connectivity index (χ4v) is 5.95. The van der Waals surface area contributed by atoms with Crippen LogP contribution in [0, 0.1) is 13.8 Å². The molecule has 1 saturated heterocycles. The molecule has 0 spiro atoms. The maximum absolute atomic E-state index is 11.9. The summed E-state index contributed by atoms with van der Waals surface area (Å²) in [5, 5.41) is 4.00. The molecule has 38 heavy (non-hydrogen) atoms. The quantitative estimate of drug-likeness (QED) is 0.327. The Morgan fingerprint density at radius 3 is 2.53 bits per heavy atom. The number of aromatic nitrogens is 3. The Kier molecular flexibility index (Phi) is 6.80. The van der Waals surface area contributed by atoms with Crippen molar-refractivity contribution in [2.45, 2.75) is 25.9 Å². The number of methoxy groups -OCH3 is 1. The summed E-state index contributed by atoms with van der Waals surface area (Å²) in [5.74, 6) is 0.386. The van der Waals surface area contributed by atoms with E-state index < -0.39 is 10.0 Å². The van der Waals surface area contributed by atoms with Crippen molar-refractivity contribution in [3.8, 4) is 11.4 Å². The summed E-state index contributed by atoms with van der Waals surface area (Å²) in [4.78, 5) is 11.0. The van der Waals surface area contributed by atoms with Gasteiger partial charge in [0.25, 0.3) is 0 Å². The summed E-state index contributed by atoms with van der Waals surface area (Å²) in [6.45, 7) is 4.16. The number of aryl methyl sites for hydroxylation is 1. The average Bonchev–Trinajstić information content (AvgIpc) is 3.39. The highest BCUT2D eigenvalue weighted by atomic mass is 32.2. The van der Waals surface area contributed by atoms with Gasteiger partial charge in [0.15, 0.2) is 5.11 Å². The van der Waals surface area contributed by atoms with Crippen LogP contribution in [0.2, 0.25) is 0 Å². The molecule has 1 aliphatic rings. The van der Waals surface area contributed by atoms with E-state index in [0.717, 1.165) is 40.3 Å². The minimum Gasteiger partial charge on any atom is -0.494 e. The van der Waals surface area contributed by atoms with Crippen LogP contribution in [-0.2, 0) is 10.0 Å². The van der Waals surface area contributed by atoms with E-state index >= 15 is 0 Å². The average molecular weight is 549 g/mol. The standard InChI is InChI=1S/C27H28N6O3S2/c1-17-14-21(18(2)32(17)20-8-7-12-28-16-20)26-25(23-9-5-6-13-29-23)30-27(37)33(26)19-10-11-22(24(15-19)36-3)31-38(4,34)35/h5-16,25-26,31H,1-4H3,(H,30,37)/t25-,26-/m0/s1. The van der Waals surface area contributed by atoms with Crippen LogP contribution in [0.5, 0.6) is 5.75 Å². The minimum atomic E-state index is -3.48. The van der Waals surface area contributed by atoms with E-state index in [9.17, 15) is 8.42 Å². The molecule has 3 aromatic heterocycles. The van der Waals surface area contributed by atoms with Gasteiger partial charge in [-0.05, 0) is 74.1 Å². The molecule has 2 atom stereocenters. The number of thiocarbonyl (C=S) groups is 1. The Labute approximate surface area is 227 Å². The molecule has 0 bridgehead atoms. The third-order valence-electron chi connectivity index (χ3n) is 6.55.